The molecule has 2 aromatic heterocycles. The van der Waals surface area contributed by atoms with Gasteiger partial charge in [0.1, 0.15) is 0 Å². The Kier molecular flexibility index (Phi) is 8.06. The van der Waals surface area contributed by atoms with Gasteiger partial charge in [0.15, 0.2) is 5.82 Å². The van der Waals surface area contributed by atoms with Gasteiger partial charge in [0.25, 0.3) is 0 Å². The Balaban J connectivity index is 1.06. The molecule has 0 bridgehead atoms. The van der Waals surface area contributed by atoms with Crippen LogP contribution in [0.1, 0.15) is 25.0 Å². The predicted octanol–water partition coefficient (Wildman–Crippen LogP) is 15.2. The second kappa shape index (κ2) is 13.6. The Labute approximate surface area is 342 Å². The minimum absolute atomic E-state index is 0.0272. The normalized spacial score (nSPS) is 12.8. The lowest BCUT2D eigenvalue weighted by Crippen LogP contribution is -2.14. The first-order chi connectivity index (χ1) is 28.5. The van der Waals surface area contributed by atoms with Gasteiger partial charge in [-0.15, -0.1) is 11.3 Å². The van der Waals surface area contributed by atoms with Crippen LogP contribution in [0.15, 0.2) is 194 Å². The van der Waals surface area contributed by atoms with Crippen molar-refractivity contribution in [1.29, 1.82) is 0 Å². The van der Waals surface area contributed by atoms with Crippen molar-refractivity contribution in [2.45, 2.75) is 19.3 Å². The van der Waals surface area contributed by atoms with E-state index in [4.69, 9.17) is 9.97 Å². The fraction of sp³-hybridized carbons (Fsp3) is 0.0545. The van der Waals surface area contributed by atoms with Gasteiger partial charge < -0.3 is 0 Å². The van der Waals surface area contributed by atoms with E-state index in [0.717, 1.165) is 44.8 Å². The topological polar surface area (TPSA) is 25.8 Å². The van der Waals surface area contributed by atoms with Crippen LogP contribution in [0.3, 0.4) is 0 Å². The van der Waals surface area contributed by atoms with Gasteiger partial charge in [0.05, 0.1) is 11.4 Å². The Morgan fingerprint density at radius 3 is 1.72 bits per heavy atom. The molecular formula is C55H38N2S. The fourth-order valence-corrected chi connectivity index (χ4v) is 10.0. The molecule has 274 valence electrons. The largest absolute Gasteiger partial charge is 0.228 e. The SMILES string of the molecule is CC1(C)c2ccccc2-c2cc(-c3cccc(-c4cc(-c5cc(-c6ccccc6)cc(-c6ccc7c(c6)sc6ccccc67)c5)nc(-c5ccccc5)n4)c3)ccc21. The van der Waals surface area contributed by atoms with Gasteiger partial charge in [-0.1, -0.05) is 159 Å². The van der Waals surface area contributed by atoms with Crippen LogP contribution < -0.4 is 0 Å². The van der Waals surface area contributed by atoms with Gasteiger partial charge in [-0.25, -0.2) is 9.97 Å². The molecule has 1 aliphatic rings. The molecule has 0 saturated carbocycles. The molecule has 0 amide bonds. The predicted molar refractivity (Wildman–Crippen MR) is 245 cm³/mol. The summed E-state index contributed by atoms with van der Waals surface area (Å²) in [5, 5.41) is 2.61. The first kappa shape index (κ1) is 34.3. The van der Waals surface area contributed by atoms with Crippen molar-refractivity contribution < 1.29 is 0 Å². The van der Waals surface area contributed by atoms with E-state index < -0.39 is 0 Å². The van der Waals surface area contributed by atoms with Crippen molar-refractivity contribution in [3.63, 3.8) is 0 Å². The molecule has 58 heavy (non-hydrogen) atoms. The summed E-state index contributed by atoms with van der Waals surface area (Å²) < 4.78 is 2.60. The zero-order valence-electron chi connectivity index (χ0n) is 32.3. The lowest BCUT2D eigenvalue weighted by Gasteiger charge is -2.21. The summed E-state index contributed by atoms with van der Waals surface area (Å²) in [4.78, 5) is 10.5. The van der Waals surface area contributed by atoms with E-state index in [2.05, 4.69) is 202 Å². The first-order valence-electron chi connectivity index (χ1n) is 19.9. The summed E-state index contributed by atoms with van der Waals surface area (Å²) in [7, 11) is 0. The summed E-state index contributed by atoms with van der Waals surface area (Å²) in [6.45, 7) is 4.66. The van der Waals surface area contributed by atoms with Gasteiger partial charge in [0, 0.05) is 42.3 Å². The smallest absolute Gasteiger partial charge is 0.160 e. The molecule has 10 aromatic rings. The van der Waals surface area contributed by atoms with Crippen molar-refractivity contribution in [2.24, 2.45) is 0 Å². The van der Waals surface area contributed by atoms with Gasteiger partial charge >= 0.3 is 0 Å². The summed E-state index contributed by atoms with van der Waals surface area (Å²) >= 11 is 1.85. The molecule has 0 unspecified atom stereocenters. The maximum absolute atomic E-state index is 5.29. The number of nitrogens with zero attached hydrogens (tertiary/aromatic N) is 2. The number of hydrogen-bond donors (Lipinski definition) is 0. The molecule has 1 aliphatic carbocycles. The minimum Gasteiger partial charge on any atom is -0.228 e. The quantitative estimate of drug-likeness (QED) is 0.169. The molecular weight excluding hydrogens is 721 g/mol. The standard InChI is InChI=1S/C55H38N2S/c1-55(2)48-22-11-9-20-44(48)47-32-38(25-27-49(47)55)37-18-13-19-40(28-37)50-34-51(57-54(56-50)36-16-7-4-8-17-36)43-30-41(35-14-5-3-6-15-35)29-42(31-43)39-24-26-46-45-21-10-12-23-52(45)58-53(46)33-39/h3-34H,1-2H3. The second-order valence-electron chi connectivity index (χ2n) is 15.8. The lowest BCUT2D eigenvalue weighted by atomic mass is 9.82. The zero-order valence-corrected chi connectivity index (χ0v) is 33.1. The molecule has 2 nitrogen and oxygen atoms in total. The Morgan fingerprint density at radius 1 is 0.345 bits per heavy atom. The third kappa shape index (κ3) is 5.86. The minimum atomic E-state index is -0.0272. The molecule has 2 heterocycles. The van der Waals surface area contributed by atoms with E-state index in [1.54, 1.807) is 0 Å². The van der Waals surface area contributed by atoms with E-state index in [9.17, 15) is 0 Å². The van der Waals surface area contributed by atoms with Crippen molar-refractivity contribution >= 4 is 31.5 Å². The van der Waals surface area contributed by atoms with Crippen LogP contribution in [0.4, 0.5) is 0 Å². The highest BCUT2D eigenvalue weighted by molar-refractivity contribution is 7.25. The van der Waals surface area contributed by atoms with Crippen LogP contribution >= 0.6 is 11.3 Å². The zero-order chi connectivity index (χ0) is 38.8. The Hall–Kier alpha value is -6.94. The van der Waals surface area contributed by atoms with E-state index in [1.807, 2.05) is 17.4 Å². The van der Waals surface area contributed by atoms with Crippen LogP contribution in [0.5, 0.6) is 0 Å². The number of thiophene rings is 1. The van der Waals surface area contributed by atoms with Gasteiger partial charge in [0.2, 0.25) is 0 Å². The highest BCUT2D eigenvalue weighted by atomic mass is 32.1. The molecule has 0 spiro atoms. The average Bonchev–Trinajstić information content (AvgIpc) is 3.77. The molecule has 0 aliphatic heterocycles. The molecule has 0 radical (unpaired) electrons. The van der Waals surface area contributed by atoms with Crippen LogP contribution in [-0.4, -0.2) is 9.97 Å². The summed E-state index contributed by atoms with van der Waals surface area (Å²) in [5.41, 5.74) is 17.2. The molecule has 3 heteroatoms. The van der Waals surface area contributed by atoms with Crippen LogP contribution in [0.25, 0.3) is 98.6 Å². The molecule has 11 rings (SSSR count). The van der Waals surface area contributed by atoms with E-state index >= 15 is 0 Å². The summed E-state index contributed by atoms with van der Waals surface area (Å²) in [5.74, 6) is 0.702. The van der Waals surface area contributed by atoms with Crippen molar-refractivity contribution in [3.05, 3.63) is 205 Å². The maximum Gasteiger partial charge on any atom is 0.160 e. The third-order valence-corrected chi connectivity index (χ3v) is 13.0. The average molecular weight is 759 g/mol. The Bertz CT molecular complexity index is 3190. The second-order valence-corrected chi connectivity index (χ2v) is 16.9. The van der Waals surface area contributed by atoms with Gasteiger partial charge in [-0.05, 0) is 104 Å². The monoisotopic (exact) mass is 758 g/mol. The number of hydrogen-bond acceptors (Lipinski definition) is 3. The van der Waals surface area contributed by atoms with Crippen LogP contribution in [-0.2, 0) is 5.41 Å². The number of aromatic nitrogens is 2. The molecule has 0 N–H and O–H groups in total. The van der Waals surface area contributed by atoms with E-state index in [-0.39, 0.29) is 5.41 Å². The highest BCUT2D eigenvalue weighted by Crippen LogP contribution is 2.49. The maximum atomic E-state index is 5.29. The third-order valence-electron chi connectivity index (χ3n) is 11.9. The summed E-state index contributed by atoms with van der Waals surface area (Å²) in [6, 6.07) is 70.2. The van der Waals surface area contributed by atoms with Gasteiger partial charge in [-0.2, -0.15) is 0 Å². The number of fused-ring (bicyclic) bond motifs is 6. The number of rotatable bonds is 6. The lowest BCUT2D eigenvalue weighted by molar-refractivity contribution is 0.660. The van der Waals surface area contributed by atoms with Crippen molar-refractivity contribution in [3.8, 4) is 78.4 Å². The molecule has 0 saturated heterocycles. The first-order valence-corrected chi connectivity index (χ1v) is 20.7. The fourth-order valence-electron chi connectivity index (χ4n) is 8.86. The van der Waals surface area contributed by atoms with Crippen LogP contribution in [0, 0.1) is 0 Å². The van der Waals surface area contributed by atoms with E-state index in [1.165, 1.54) is 59.1 Å². The summed E-state index contributed by atoms with van der Waals surface area (Å²) in [6.07, 6.45) is 0. The Morgan fingerprint density at radius 2 is 0.897 bits per heavy atom. The van der Waals surface area contributed by atoms with Crippen molar-refractivity contribution in [1.82, 2.24) is 9.97 Å². The van der Waals surface area contributed by atoms with Gasteiger partial charge in [-0.3, -0.25) is 0 Å². The number of benzene rings is 8. The van der Waals surface area contributed by atoms with E-state index in [0.29, 0.717) is 5.82 Å². The van der Waals surface area contributed by atoms with Crippen molar-refractivity contribution in [2.75, 3.05) is 0 Å². The molecule has 0 fully saturated rings. The molecule has 0 atom stereocenters. The van der Waals surface area contributed by atoms with Crippen LogP contribution in [0.2, 0.25) is 0 Å². The molecule has 8 aromatic carbocycles. The highest BCUT2D eigenvalue weighted by Gasteiger charge is 2.35.